The molecule has 3 heterocycles. The molecule has 1 aliphatic heterocycles. The first-order chi connectivity index (χ1) is 20.9. The van der Waals surface area contributed by atoms with E-state index in [0.717, 1.165) is 36.4 Å². The van der Waals surface area contributed by atoms with Crippen molar-refractivity contribution in [1.29, 1.82) is 0 Å². The zero-order chi connectivity index (χ0) is 31.8. The summed E-state index contributed by atoms with van der Waals surface area (Å²) in [5, 5.41) is 9.29. The van der Waals surface area contributed by atoms with Crippen LogP contribution in [0.25, 0.3) is 22.2 Å². The third-order valence-electron chi connectivity index (χ3n) is 7.28. The molecule has 0 saturated carbocycles. The van der Waals surface area contributed by atoms with Crippen molar-refractivity contribution in [2.24, 2.45) is 0 Å². The van der Waals surface area contributed by atoms with Crippen LogP contribution < -0.4 is 14.8 Å². The smallest absolute Gasteiger partial charge is 0.398 e. The number of benzene rings is 2. The molecule has 0 saturated heterocycles. The molecule has 0 bridgehead atoms. The molecule has 0 aliphatic carbocycles. The number of hydrogen-bond acceptors (Lipinski definition) is 6. The predicted octanol–water partition coefficient (Wildman–Crippen LogP) is 6.42. The molecule has 1 aliphatic rings. The van der Waals surface area contributed by atoms with Gasteiger partial charge in [0, 0.05) is 28.6 Å². The highest BCUT2D eigenvalue weighted by Gasteiger charge is 2.47. The first-order valence-electron chi connectivity index (χ1n) is 12.9. The quantitative estimate of drug-likeness (QED) is 0.216. The largest absolute Gasteiger partial charge is 0.494 e. The van der Waals surface area contributed by atoms with Crippen molar-refractivity contribution in [3.8, 4) is 22.8 Å². The molecular formula is C29H22F8N4O3. The Morgan fingerprint density at radius 3 is 2.36 bits per heavy atom. The van der Waals surface area contributed by atoms with E-state index in [1.807, 2.05) is 0 Å². The van der Waals surface area contributed by atoms with Crippen molar-refractivity contribution in [3.05, 3.63) is 76.9 Å². The highest BCUT2D eigenvalue weighted by atomic mass is 19.4. The molecule has 7 nitrogen and oxygen atoms in total. The van der Waals surface area contributed by atoms with Gasteiger partial charge < -0.3 is 14.8 Å². The van der Waals surface area contributed by atoms with Crippen LogP contribution in [0.1, 0.15) is 39.7 Å². The zero-order valence-corrected chi connectivity index (χ0v) is 22.7. The number of pyridine rings is 1. The Bertz CT molecular complexity index is 1700. The molecule has 0 fully saturated rings. The van der Waals surface area contributed by atoms with E-state index in [0.29, 0.717) is 0 Å². The van der Waals surface area contributed by atoms with E-state index in [2.05, 4.69) is 20.5 Å². The Balaban J connectivity index is 1.53. The Labute approximate surface area is 244 Å². The van der Waals surface area contributed by atoms with Gasteiger partial charge in [-0.15, -0.1) is 10.2 Å². The van der Waals surface area contributed by atoms with Gasteiger partial charge in [-0.1, -0.05) is 0 Å². The summed E-state index contributed by atoms with van der Waals surface area (Å²) in [6.07, 6.45) is -7.98. The molecule has 0 radical (unpaired) electrons. The topological polar surface area (TPSA) is 86.2 Å². The standard InChI is InChI=1S/C29H22F8N4O3/c1-43-22-8-16(6-15-7-21(26(33)34)40-41-23(15)22)27(42)38-10-19(29(35,36)37)20-9-18-25(44-13-28(18,11-30)12-31)24(39-20)14-2-4-17(32)5-3-14/h2-9,19,26H,10-13H2,1H3,(H,38,42). The molecule has 0 spiro atoms. The maximum atomic E-state index is 14.5. The van der Waals surface area contributed by atoms with Crippen molar-refractivity contribution >= 4 is 16.8 Å². The van der Waals surface area contributed by atoms with Gasteiger partial charge in [-0.25, -0.2) is 26.9 Å². The van der Waals surface area contributed by atoms with Gasteiger partial charge in [0.15, 0.2) is 0 Å². The van der Waals surface area contributed by atoms with Gasteiger partial charge in [0.05, 0.1) is 18.2 Å². The maximum absolute atomic E-state index is 14.5. The molecule has 1 N–H and O–H groups in total. The van der Waals surface area contributed by atoms with Crippen molar-refractivity contribution in [1.82, 2.24) is 20.5 Å². The molecule has 2 aromatic heterocycles. The van der Waals surface area contributed by atoms with Crippen LogP contribution in [0.5, 0.6) is 11.5 Å². The number of aromatic nitrogens is 3. The van der Waals surface area contributed by atoms with E-state index >= 15 is 0 Å². The summed E-state index contributed by atoms with van der Waals surface area (Å²) in [5.74, 6) is -4.28. The minimum atomic E-state index is -5.01. The number of methoxy groups -OCH3 is 1. The predicted molar refractivity (Wildman–Crippen MR) is 141 cm³/mol. The second kappa shape index (κ2) is 11.8. The third-order valence-corrected chi connectivity index (χ3v) is 7.28. The molecule has 4 aromatic rings. The van der Waals surface area contributed by atoms with Crippen LogP contribution in [0.4, 0.5) is 35.1 Å². The molecular weight excluding hydrogens is 604 g/mol. The zero-order valence-electron chi connectivity index (χ0n) is 22.7. The van der Waals surface area contributed by atoms with Crippen molar-refractivity contribution in [3.63, 3.8) is 0 Å². The van der Waals surface area contributed by atoms with Gasteiger partial charge in [0.2, 0.25) is 0 Å². The molecule has 1 atom stereocenters. The second-order valence-corrected chi connectivity index (χ2v) is 10.1. The average Bonchev–Trinajstić information content (AvgIpc) is 3.38. The van der Waals surface area contributed by atoms with Crippen LogP contribution in [0.2, 0.25) is 0 Å². The number of alkyl halides is 7. The lowest BCUT2D eigenvalue weighted by atomic mass is 9.83. The number of hydrogen-bond donors (Lipinski definition) is 1. The lowest BCUT2D eigenvalue weighted by Crippen LogP contribution is -2.36. The van der Waals surface area contributed by atoms with Crippen LogP contribution in [-0.2, 0) is 5.41 Å². The van der Waals surface area contributed by atoms with Gasteiger partial charge in [0.25, 0.3) is 12.3 Å². The summed E-state index contributed by atoms with van der Waals surface area (Å²) in [6, 6.07) is 8.73. The number of carbonyl (C=O) groups excluding carboxylic acids is 1. The molecule has 44 heavy (non-hydrogen) atoms. The van der Waals surface area contributed by atoms with Crippen LogP contribution in [0, 0.1) is 5.82 Å². The van der Waals surface area contributed by atoms with Gasteiger partial charge in [0.1, 0.15) is 60.1 Å². The number of amides is 1. The highest BCUT2D eigenvalue weighted by molar-refractivity contribution is 5.99. The summed E-state index contributed by atoms with van der Waals surface area (Å²) in [6.45, 7) is -4.12. The van der Waals surface area contributed by atoms with Crippen LogP contribution in [-0.4, -0.2) is 60.9 Å². The summed E-state index contributed by atoms with van der Waals surface area (Å²) < 4.78 is 122. The molecule has 5 rings (SSSR count). The summed E-state index contributed by atoms with van der Waals surface area (Å²) in [7, 11) is 1.22. The minimum Gasteiger partial charge on any atom is -0.494 e. The number of halogens is 8. The number of rotatable bonds is 9. The molecule has 2 aromatic carbocycles. The van der Waals surface area contributed by atoms with Crippen LogP contribution in [0.3, 0.4) is 0 Å². The Hall–Kier alpha value is -4.56. The van der Waals surface area contributed by atoms with E-state index in [4.69, 9.17) is 9.47 Å². The summed E-state index contributed by atoms with van der Waals surface area (Å²) in [4.78, 5) is 17.2. The summed E-state index contributed by atoms with van der Waals surface area (Å²) in [5.41, 5.74) is -3.64. The van der Waals surface area contributed by atoms with Gasteiger partial charge >= 0.3 is 6.18 Å². The normalized spacial score (nSPS) is 14.8. The molecule has 1 amide bonds. The average molecular weight is 627 g/mol. The maximum Gasteiger partial charge on any atom is 0.398 e. The Morgan fingerprint density at radius 1 is 1.05 bits per heavy atom. The first-order valence-corrected chi connectivity index (χ1v) is 12.9. The fraction of sp³-hybridized carbons (Fsp3) is 0.310. The van der Waals surface area contributed by atoms with Crippen molar-refractivity contribution in [2.75, 3.05) is 33.6 Å². The molecule has 1 unspecified atom stereocenters. The van der Waals surface area contributed by atoms with Crippen LogP contribution in [0.15, 0.2) is 48.5 Å². The number of carbonyl (C=O) groups is 1. The summed E-state index contributed by atoms with van der Waals surface area (Å²) >= 11 is 0. The van der Waals surface area contributed by atoms with E-state index in [-0.39, 0.29) is 44.8 Å². The highest BCUT2D eigenvalue weighted by Crippen LogP contribution is 2.47. The van der Waals surface area contributed by atoms with Gasteiger partial charge in [-0.2, -0.15) is 13.2 Å². The minimum absolute atomic E-state index is 0.0326. The first kappa shape index (κ1) is 30.9. The monoisotopic (exact) mass is 626 g/mol. The number of ether oxygens (including phenoxy) is 2. The number of fused-ring (bicyclic) bond motifs is 2. The Kier molecular flexibility index (Phi) is 8.32. The molecule has 15 heteroatoms. The van der Waals surface area contributed by atoms with E-state index in [9.17, 15) is 39.9 Å². The fourth-order valence-electron chi connectivity index (χ4n) is 4.84. The van der Waals surface area contributed by atoms with Crippen LogP contribution >= 0.6 is 0 Å². The lowest BCUT2D eigenvalue weighted by molar-refractivity contribution is -0.149. The van der Waals surface area contributed by atoms with Gasteiger partial charge in [-0.05, 0) is 48.5 Å². The Morgan fingerprint density at radius 2 is 1.75 bits per heavy atom. The fourth-order valence-corrected chi connectivity index (χ4v) is 4.84. The third kappa shape index (κ3) is 5.69. The molecule has 232 valence electrons. The number of nitrogens with zero attached hydrogens (tertiary/aromatic N) is 3. The van der Waals surface area contributed by atoms with Crippen molar-refractivity contribution in [2.45, 2.75) is 23.9 Å². The van der Waals surface area contributed by atoms with E-state index < -0.39 is 73.5 Å². The van der Waals surface area contributed by atoms with Crippen molar-refractivity contribution < 1.29 is 49.4 Å². The number of nitrogens with one attached hydrogen (secondary N) is 1. The van der Waals surface area contributed by atoms with E-state index in [1.165, 1.54) is 19.2 Å². The second-order valence-electron chi connectivity index (χ2n) is 10.1. The van der Waals surface area contributed by atoms with Gasteiger partial charge in [-0.3, -0.25) is 4.79 Å². The lowest BCUT2D eigenvalue weighted by Gasteiger charge is -2.24. The van der Waals surface area contributed by atoms with E-state index in [1.54, 1.807) is 0 Å². The SMILES string of the molecule is COc1cc(C(=O)NCC(c2cc3c(c(-c4ccc(F)cc4)n2)OCC3(CF)CF)C(F)(F)F)cc2cc(C(F)F)nnc12.